The van der Waals surface area contributed by atoms with Gasteiger partial charge in [0.05, 0.1) is 17.4 Å². The Balaban J connectivity index is 1.73. The van der Waals surface area contributed by atoms with Gasteiger partial charge in [-0.2, -0.15) is 0 Å². The zero-order valence-corrected chi connectivity index (χ0v) is 13.7. The highest BCUT2D eigenvalue weighted by Crippen LogP contribution is 2.21. The summed E-state index contributed by atoms with van der Waals surface area (Å²) in [5.74, 6) is -0.970. The van der Waals surface area contributed by atoms with Crippen LogP contribution in [0.4, 0.5) is 0 Å². The second-order valence-electron chi connectivity index (χ2n) is 5.64. The quantitative estimate of drug-likeness (QED) is 0.800. The van der Waals surface area contributed by atoms with Crippen molar-refractivity contribution in [3.05, 3.63) is 84.1 Å². The Hall–Kier alpha value is -3.08. The van der Waals surface area contributed by atoms with E-state index in [4.69, 9.17) is 14.2 Å². The highest BCUT2D eigenvalue weighted by atomic mass is 16.6. The molecule has 5 heteroatoms. The van der Waals surface area contributed by atoms with Gasteiger partial charge in [0.1, 0.15) is 6.10 Å². The number of ether oxygens (including phenoxy) is 3. The predicted octanol–water partition coefficient (Wildman–Crippen LogP) is 3.37. The Bertz CT molecular complexity index is 754. The molecule has 2 unspecified atom stereocenters. The standard InChI is InChI=1S/C20H18O5/c1-14-18(25-20(22)16-10-6-3-7-11-16)17(12-13-23-14)24-19(21)15-8-4-2-5-9-15/h2-14,17-18H,1H3/t14?,17?,18-/m1/s1. The number of esters is 2. The van der Waals surface area contributed by atoms with Crippen molar-refractivity contribution in [2.45, 2.75) is 25.2 Å². The highest BCUT2D eigenvalue weighted by Gasteiger charge is 2.35. The van der Waals surface area contributed by atoms with Crippen molar-refractivity contribution in [2.24, 2.45) is 0 Å². The van der Waals surface area contributed by atoms with E-state index in [9.17, 15) is 9.59 Å². The molecule has 3 atom stereocenters. The molecule has 0 saturated carbocycles. The molecule has 1 heterocycles. The minimum Gasteiger partial charge on any atom is -0.494 e. The number of carbonyl (C=O) groups excluding carboxylic acids is 2. The fourth-order valence-electron chi connectivity index (χ4n) is 2.50. The highest BCUT2D eigenvalue weighted by molar-refractivity contribution is 5.90. The summed E-state index contributed by atoms with van der Waals surface area (Å²) in [5.41, 5.74) is 0.862. The van der Waals surface area contributed by atoms with Gasteiger partial charge in [-0.15, -0.1) is 0 Å². The van der Waals surface area contributed by atoms with Crippen molar-refractivity contribution in [1.82, 2.24) is 0 Å². The lowest BCUT2D eigenvalue weighted by molar-refractivity contribution is -0.0772. The molecule has 0 saturated heterocycles. The summed E-state index contributed by atoms with van der Waals surface area (Å²) >= 11 is 0. The summed E-state index contributed by atoms with van der Waals surface area (Å²) < 4.78 is 16.5. The van der Waals surface area contributed by atoms with Crippen LogP contribution in [0.1, 0.15) is 27.6 Å². The normalized spacial score (nSPS) is 21.9. The van der Waals surface area contributed by atoms with Crippen LogP contribution in [-0.2, 0) is 14.2 Å². The van der Waals surface area contributed by atoms with Crippen molar-refractivity contribution in [1.29, 1.82) is 0 Å². The first-order valence-electron chi connectivity index (χ1n) is 7.99. The van der Waals surface area contributed by atoms with Gasteiger partial charge in [-0.25, -0.2) is 9.59 Å². The summed E-state index contributed by atoms with van der Waals surface area (Å²) in [6.07, 6.45) is 1.14. The van der Waals surface area contributed by atoms with Crippen molar-refractivity contribution >= 4 is 11.9 Å². The van der Waals surface area contributed by atoms with Gasteiger partial charge in [0, 0.05) is 0 Å². The summed E-state index contributed by atoms with van der Waals surface area (Å²) in [4.78, 5) is 24.6. The molecule has 0 radical (unpaired) electrons. The summed E-state index contributed by atoms with van der Waals surface area (Å²) in [6, 6.07) is 17.3. The molecule has 1 aliphatic rings. The van der Waals surface area contributed by atoms with Gasteiger partial charge in [-0.3, -0.25) is 0 Å². The smallest absolute Gasteiger partial charge is 0.338 e. The molecule has 0 N–H and O–H groups in total. The Morgan fingerprint density at radius 3 is 1.92 bits per heavy atom. The average molecular weight is 338 g/mol. The first-order chi connectivity index (χ1) is 12.1. The molecule has 2 aromatic rings. The topological polar surface area (TPSA) is 61.8 Å². The lowest BCUT2D eigenvalue weighted by Crippen LogP contribution is -2.44. The molecule has 0 spiro atoms. The Morgan fingerprint density at radius 1 is 0.840 bits per heavy atom. The van der Waals surface area contributed by atoms with Crippen LogP contribution < -0.4 is 0 Å². The van der Waals surface area contributed by atoms with Gasteiger partial charge in [0.2, 0.25) is 0 Å². The number of rotatable bonds is 4. The van der Waals surface area contributed by atoms with E-state index in [1.54, 1.807) is 61.5 Å². The number of hydrogen-bond donors (Lipinski definition) is 0. The zero-order chi connectivity index (χ0) is 17.6. The molecular weight excluding hydrogens is 320 g/mol. The van der Waals surface area contributed by atoms with E-state index in [0.29, 0.717) is 11.1 Å². The van der Waals surface area contributed by atoms with Crippen molar-refractivity contribution in [3.63, 3.8) is 0 Å². The van der Waals surface area contributed by atoms with Gasteiger partial charge in [0.15, 0.2) is 12.2 Å². The largest absolute Gasteiger partial charge is 0.494 e. The summed E-state index contributed by atoms with van der Waals surface area (Å²) in [5, 5.41) is 0. The van der Waals surface area contributed by atoms with Gasteiger partial charge >= 0.3 is 11.9 Å². The summed E-state index contributed by atoms with van der Waals surface area (Å²) in [7, 11) is 0. The van der Waals surface area contributed by atoms with Crippen LogP contribution in [0.2, 0.25) is 0 Å². The van der Waals surface area contributed by atoms with Crippen LogP contribution in [0, 0.1) is 0 Å². The minimum atomic E-state index is -0.731. The molecular formula is C20H18O5. The van der Waals surface area contributed by atoms with Crippen molar-refractivity contribution in [2.75, 3.05) is 0 Å². The zero-order valence-electron chi connectivity index (χ0n) is 13.7. The molecule has 2 aromatic carbocycles. The minimum absolute atomic E-state index is 0.428. The number of hydrogen-bond acceptors (Lipinski definition) is 5. The molecule has 1 aliphatic heterocycles. The third kappa shape index (κ3) is 4.07. The van der Waals surface area contributed by atoms with Crippen molar-refractivity contribution < 1.29 is 23.8 Å². The molecule has 0 aromatic heterocycles. The summed E-state index contributed by atoms with van der Waals surface area (Å²) in [6.45, 7) is 1.76. The molecule has 0 fully saturated rings. The lowest BCUT2D eigenvalue weighted by atomic mass is 10.1. The Labute approximate surface area is 145 Å². The van der Waals surface area contributed by atoms with Crippen LogP contribution in [0.25, 0.3) is 0 Å². The third-order valence-electron chi connectivity index (χ3n) is 3.85. The van der Waals surface area contributed by atoms with Gasteiger partial charge in [-0.05, 0) is 37.3 Å². The Kier molecular flexibility index (Phi) is 5.14. The molecule has 5 nitrogen and oxygen atoms in total. The molecule has 0 bridgehead atoms. The number of benzene rings is 2. The molecule has 0 aliphatic carbocycles. The van der Waals surface area contributed by atoms with Crippen LogP contribution >= 0.6 is 0 Å². The fraction of sp³-hybridized carbons (Fsp3) is 0.200. The maximum Gasteiger partial charge on any atom is 0.338 e. The van der Waals surface area contributed by atoms with E-state index in [1.807, 2.05) is 12.1 Å². The van der Waals surface area contributed by atoms with Crippen molar-refractivity contribution in [3.8, 4) is 0 Å². The van der Waals surface area contributed by atoms with Crippen LogP contribution in [-0.4, -0.2) is 30.3 Å². The van der Waals surface area contributed by atoms with Crippen LogP contribution in [0.15, 0.2) is 73.0 Å². The molecule has 0 amide bonds. The van der Waals surface area contributed by atoms with E-state index in [1.165, 1.54) is 6.26 Å². The van der Waals surface area contributed by atoms with Crippen LogP contribution in [0.3, 0.4) is 0 Å². The van der Waals surface area contributed by atoms with E-state index < -0.39 is 30.3 Å². The maximum absolute atomic E-state index is 12.3. The number of carbonyl (C=O) groups is 2. The maximum atomic E-state index is 12.3. The average Bonchev–Trinajstić information content (AvgIpc) is 2.66. The van der Waals surface area contributed by atoms with Gasteiger partial charge in [-0.1, -0.05) is 36.4 Å². The first kappa shape index (κ1) is 16.8. The predicted molar refractivity (Wildman–Crippen MR) is 91.0 cm³/mol. The van der Waals surface area contributed by atoms with Gasteiger partial charge in [0.25, 0.3) is 0 Å². The SMILES string of the molecule is CC1OC=CC(OC(=O)c2ccccc2)[C@@H]1OC(=O)c1ccccc1. The third-order valence-corrected chi connectivity index (χ3v) is 3.85. The Morgan fingerprint density at radius 2 is 1.36 bits per heavy atom. The van der Waals surface area contributed by atoms with E-state index in [-0.39, 0.29) is 0 Å². The van der Waals surface area contributed by atoms with E-state index >= 15 is 0 Å². The van der Waals surface area contributed by atoms with E-state index in [2.05, 4.69) is 0 Å². The van der Waals surface area contributed by atoms with Gasteiger partial charge < -0.3 is 14.2 Å². The fourth-order valence-corrected chi connectivity index (χ4v) is 2.50. The molecule has 3 rings (SSSR count). The molecule has 128 valence electrons. The monoisotopic (exact) mass is 338 g/mol. The second-order valence-corrected chi connectivity index (χ2v) is 5.64. The lowest BCUT2D eigenvalue weighted by Gasteiger charge is -2.32. The van der Waals surface area contributed by atoms with E-state index in [0.717, 1.165) is 0 Å². The first-order valence-corrected chi connectivity index (χ1v) is 7.99. The van der Waals surface area contributed by atoms with Crippen LogP contribution in [0.5, 0.6) is 0 Å². The second kappa shape index (κ2) is 7.66. The molecule has 25 heavy (non-hydrogen) atoms.